The Morgan fingerprint density at radius 2 is 2.00 bits per heavy atom. The van der Waals surface area contributed by atoms with Gasteiger partial charge in [-0.3, -0.25) is 0 Å². The first-order valence-electron chi connectivity index (χ1n) is 7.03. The maximum Gasteiger partial charge on any atom is 0.0233 e. The minimum absolute atomic E-state index is 0.608. The standard InChI is InChI=1S/C16H28N2/c1-6-17-9-10-18(5)12-16-11-15(13(2)3)8-7-14(16)4/h7-8,11,13,17H,6,9-10,12H2,1-5H3. The van der Waals surface area contributed by atoms with E-state index in [1.807, 2.05) is 0 Å². The molecule has 0 heterocycles. The van der Waals surface area contributed by atoms with Gasteiger partial charge in [0.25, 0.3) is 0 Å². The first-order valence-corrected chi connectivity index (χ1v) is 7.03. The molecule has 0 aliphatic carbocycles. The number of nitrogens with one attached hydrogen (secondary N) is 1. The molecule has 0 aromatic heterocycles. The van der Waals surface area contributed by atoms with Crippen molar-refractivity contribution in [3.63, 3.8) is 0 Å². The van der Waals surface area contributed by atoms with Crippen molar-refractivity contribution in [3.05, 3.63) is 34.9 Å². The fraction of sp³-hybridized carbons (Fsp3) is 0.625. The van der Waals surface area contributed by atoms with Crippen molar-refractivity contribution in [1.82, 2.24) is 10.2 Å². The summed E-state index contributed by atoms with van der Waals surface area (Å²) in [6.07, 6.45) is 0. The summed E-state index contributed by atoms with van der Waals surface area (Å²) in [7, 11) is 2.19. The molecule has 0 saturated heterocycles. The predicted molar refractivity (Wildman–Crippen MR) is 80.1 cm³/mol. The van der Waals surface area contributed by atoms with E-state index in [1.54, 1.807) is 0 Å². The Morgan fingerprint density at radius 3 is 2.61 bits per heavy atom. The van der Waals surface area contributed by atoms with Crippen LogP contribution in [0.5, 0.6) is 0 Å². The number of benzene rings is 1. The summed E-state index contributed by atoms with van der Waals surface area (Å²) in [5, 5.41) is 3.37. The summed E-state index contributed by atoms with van der Waals surface area (Å²) in [6, 6.07) is 6.87. The van der Waals surface area contributed by atoms with Crippen molar-refractivity contribution < 1.29 is 0 Å². The van der Waals surface area contributed by atoms with Gasteiger partial charge in [-0.15, -0.1) is 0 Å². The number of aryl methyl sites for hydroxylation is 1. The molecular formula is C16H28N2. The summed E-state index contributed by atoms with van der Waals surface area (Å²) in [6.45, 7) is 13.1. The van der Waals surface area contributed by atoms with E-state index in [0.29, 0.717) is 5.92 Å². The molecule has 0 amide bonds. The molecule has 0 aliphatic heterocycles. The van der Waals surface area contributed by atoms with E-state index in [4.69, 9.17) is 0 Å². The lowest BCUT2D eigenvalue weighted by Gasteiger charge is -2.19. The molecule has 1 N–H and O–H groups in total. The third-order valence-corrected chi connectivity index (χ3v) is 3.40. The SMILES string of the molecule is CCNCCN(C)Cc1cc(C(C)C)ccc1C. The zero-order chi connectivity index (χ0) is 13.5. The van der Waals surface area contributed by atoms with Gasteiger partial charge >= 0.3 is 0 Å². The molecular weight excluding hydrogens is 220 g/mol. The summed E-state index contributed by atoms with van der Waals surface area (Å²) in [4.78, 5) is 2.38. The maximum absolute atomic E-state index is 3.37. The largest absolute Gasteiger partial charge is 0.316 e. The molecule has 0 radical (unpaired) electrons. The van der Waals surface area contributed by atoms with Crippen LogP contribution in [-0.2, 0) is 6.54 Å². The molecule has 2 heteroatoms. The van der Waals surface area contributed by atoms with Gasteiger partial charge in [0.2, 0.25) is 0 Å². The lowest BCUT2D eigenvalue weighted by atomic mass is 9.97. The van der Waals surface area contributed by atoms with Crippen molar-refractivity contribution in [2.24, 2.45) is 0 Å². The van der Waals surface area contributed by atoms with E-state index in [0.717, 1.165) is 26.2 Å². The van der Waals surface area contributed by atoms with E-state index in [2.05, 4.69) is 63.2 Å². The van der Waals surface area contributed by atoms with Gasteiger partial charge in [0, 0.05) is 19.6 Å². The predicted octanol–water partition coefficient (Wildman–Crippen LogP) is 3.16. The second kappa shape index (κ2) is 7.55. The summed E-state index contributed by atoms with van der Waals surface area (Å²) < 4.78 is 0. The highest BCUT2D eigenvalue weighted by Crippen LogP contribution is 2.19. The molecule has 0 unspecified atom stereocenters. The molecule has 2 nitrogen and oxygen atoms in total. The lowest BCUT2D eigenvalue weighted by Crippen LogP contribution is -2.29. The van der Waals surface area contributed by atoms with E-state index >= 15 is 0 Å². The van der Waals surface area contributed by atoms with E-state index in [-0.39, 0.29) is 0 Å². The number of hydrogen-bond acceptors (Lipinski definition) is 2. The molecule has 1 rings (SSSR count). The number of likely N-dealkylation sites (N-methyl/N-ethyl adjacent to an activating group) is 2. The first kappa shape index (κ1) is 15.2. The normalized spacial score (nSPS) is 11.5. The maximum atomic E-state index is 3.37. The molecule has 1 aromatic rings. The highest BCUT2D eigenvalue weighted by atomic mass is 15.1. The molecule has 0 fully saturated rings. The molecule has 0 atom stereocenters. The van der Waals surface area contributed by atoms with Crippen molar-refractivity contribution in [2.75, 3.05) is 26.7 Å². The van der Waals surface area contributed by atoms with Crippen LogP contribution >= 0.6 is 0 Å². The average Bonchev–Trinajstić information content (AvgIpc) is 2.32. The van der Waals surface area contributed by atoms with Gasteiger partial charge in [-0.1, -0.05) is 39.0 Å². The molecule has 0 aliphatic rings. The smallest absolute Gasteiger partial charge is 0.0233 e. The van der Waals surface area contributed by atoms with Crippen molar-refractivity contribution in [2.45, 2.75) is 40.2 Å². The molecule has 18 heavy (non-hydrogen) atoms. The van der Waals surface area contributed by atoms with Crippen molar-refractivity contribution in [1.29, 1.82) is 0 Å². The lowest BCUT2D eigenvalue weighted by molar-refractivity contribution is 0.325. The number of rotatable bonds is 7. The average molecular weight is 248 g/mol. The monoisotopic (exact) mass is 248 g/mol. The van der Waals surface area contributed by atoms with Gasteiger partial charge in [0.05, 0.1) is 0 Å². The Kier molecular flexibility index (Phi) is 6.37. The molecule has 0 bridgehead atoms. The van der Waals surface area contributed by atoms with Gasteiger partial charge in [-0.05, 0) is 43.1 Å². The second-order valence-corrected chi connectivity index (χ2v) is 5.43. The third kappa shape index (κ3) is 4.79. The van der Waals surface area contributed by atoms with Gasteiger partial charge < -0.3 is 10.2 Å². The number of nitrogens with zero attached hydrogens (tertiary/aromatic N) is 1. The fourth-order valence-electron chi connectivity index (χ4n) is 2.04. The zero-order valence-electron chi connectivity index (χ0n) is 12.6. The first-order chi connectivity index (χ1) is 8.54. The Morgan fingerprint density at radius 1 is 1.28 bits per heavy atom. The summed E-state index contributed by atoms with van der Waals surface area (Å²) >= 11 is 0. The molecule has 1 aromatic carbocycles. The summed E-state index contributed by atoms with van der Waals surface area (Å²) in [5.74, 6) is 0.608. The molecule has 102 valence electrons. The third-order valence-electron chi connectivity index (χ3n) is 3.40. The number of hydrogen-bond donors (Lipinski definition) is 1. The van der Waals surface area contributed by atoms with Crippen LogP contribution in [-0.4, -0.2) is 31.6 Å². The van der Waals surface area contributed by atoms with Crippen LogP contribution in [0.3, 0.4) is 0 Å². The summed E-state index contributed by atoms with van der Waals surface area (Å²) in [5.41, 5.74) is 4.30. The van der Waals surface area contributed by atoms with Gasteiger partial charge in [0.15, 0.2) is 0 Å². The van der Waals surface area contributed by atoms with Gasteiger partial charge in [-0.2, -0.15) is 0 Å². The highest BCUT2D eigenvalue weighted by Gasteiger charge is 2.06. The van der Waals surface area contributed by atoms with Crippen LogP contribution in [0.2, 0.25) is 0 Å². The van der Waals surface area contributed by atoms with E-state index < -0.39 is 0 Å². The van der Waals surface area contributed by atoms with Gasteiger partial charge in [-0.25, -0.2) is 0 Å². The van der Waals surface area contributed by atoms with Crippen LogP contribution in [0.1, 0.15) is 43.4 Å². The Hall–Kier alpha value is -0.860. The topological polar surface area (TPSA) is 15.3 Å². The molecule has 0 spiro atoms. The Bertz CT molecular complexity index is 358. The van der Waals surface area contributed by atoms with Crippen LogP contribution in [0.25, 0.3) is 0 Å². The Labute approximate surface area is 112 Å². The van der Waals surface area contributed by atoms with Crippen LogP contribution in [0.15, 0.2) is 18.2 Å². The Balaban J connectivity index is 2.62. The van der Waals surface area contributed by atoms with Crippen molar-refractivity contribution >= 4 is 0 Å². The van der Waals surface area contributed by atoms with Crippen molar-refractivity contribution in [3.8, 4) is 0 Å². The van der Waals surface area contributed by atoms with E-state index in [1.165, 1.54) is 16.7 Å². The van der Waals surface area contributed by atoms with Crippen LogP contribution < -0.4 is 5.32 Å². The minimum atomic E-state index is 0.608. The van der Waals surface area contributed by atoms with Gasteiger partial charge in [0.1, 0.15) is 0 Å². The van der Waals surface area contributed by atoms with Crippen LogP contribution in [0, 0.1) is 6.92 Å². The fourth-order valence-corrected chi connectivity index (χ4v) is 2.04. The highest BCUT2D eigenvalue weighted by molar-refractivity contribution is 5.32. The van der Waals surface area contributed by atoms with Crippen LogP contribution in [0.4, 0.5) is 0 Å². The minimum Gasteiger partial charge on any atom is -0.316 e. The zero-order valence-corrected chi connectivity index (χ0v) is 12.6. The molecule has 0 saturated carbocycles. The quantitative estimate of drug-likeness (QED) is 0.746. The second-order valence-electron chi connectivity index (χ2n) is 5.43. The van der Waals surface area contributed by atoms with E-state index in [9.17, 15) is 0 Å².